The highest BCUT2D eigenvalue weighted by Gasteiger charge is 2.54. The Morgan fingerprint density at radius 3 is 2.52 bits per heavy atom. The van der Waals surface area contributed by atoms with Gasteiger partial charge in [-0.15, -0.1) is 0 Å². The number of rotatable bonds is 9. The minimum absolute atomic E-state index is 0.0311. The van der Waals surface area contributed by atoms with Gasteiger partial charge in [-0.05, 0) is 80.2 Å². The summed E-state index contributed by atoms with van der Waals surface area (Å²) in [5.41, 5.74) is 1.58. The van der Waals surface area contributed by atoms with Gasteiger partial charge in [-0.2, -0.15) is 0 Å². The Bertz CT molecular complexity index is 825. The maximum absolute atomic E-state index is 11.5. The molecule has 2 aromatic rings. The second-order valence-electron chi connectivity index (χ2n) is 8.74. The van der Waals surface area contributed by atoms with Crippen LogP contribution in [0.2, 0.25) is 0 Å². The average molecular weight is 394 g/mol. The molecule has 2 aliphatic rings. The van der Waals surface area contributed by atoms with E-state index >= 15 is 0 Å². The Labute approximate surface area is 173 Å². The summed E-state index contributed by atoms with van der Waals surface area (Å²) in [5.74, 6) is 1.84. The van der Waals surface area contributed by atoms with Crippen molar-refractivity contribution in [3.63, 3.8) is 0 Å². The quantitative estimate of drug-likeness (QED) is 0.602. The van der Waals surface area contributed by atoms with Gasteiger partial charge in [0.25, 0.3) is 0 Å². The predicted molar refractivity (Wildman–Crippen MR) is 114 cm³/mol. The molecule has 0 saturated heterocycles. The summed E-state index contributed by atoms with van der Waals surface area (Å²) in [6.45, 7) is 0.625. The first-order valence-electron chi connectivity index (χ1n) is 10.8. The minimum atomic E-state index is 0.0311. The molecule has 4 heteroatoms. The number of nitrogens with one attached hydrogen (secondary N) is 1. The Hall–Kier alpha value is -2.33. The fourth-order valence-corrected chi connectivity index (χ4v) is 5.12. The fourth-order valence-electron chi connectivity index (χ4n) is 5.12. The molecule has 4 rings (SSSR count). The summed E-state index contributed by atoms with van der Waals surface area (Å²) in [5, 5.41) is 2.72. The van der Waals surface area contributed by atoms with Crippen molar-refractivity contribution in [2.24, 2.45) is 5.41 Å². The molecule has 2 bridgehead atoms. The highest BCUT2D eigenvalue weighted by Crippen LogP contribution is 2.60. The zero-order valence-electron chi connectivity index (χ0n) is 17.3. The first-order chi connectivity index (χ1) is 14.1. The molecule has 0 unspecified atom stereocenters. The molecule has 2 saturated carbocycles. The van der Waals surface area contributed by atoms with Gasteiger partial charge in [0.2, 0.25) is 5.91 Å². The molecule has 2 fully saturated rings. The Morgan fingerprint density at radius 2 is 1.76 bits per heavy atom. The molecule has 2 aliphatic carbocycles. The van der Waals surface area contributed by atoms with E-state index in [1.165, 1.54) is 12.8 Å². The van der Waals surface area contributed by atoms with E-state index in [-0.39, 0.29) is 11.5 Å². The van der Waals surface area contributed by atoms with Gasteiger partial charge in [0.15, 0.2) is 0 Å². The highest BCUT2D eigenvalue weighted by molar-refractivity contribution is 5.75. The van der Waals surface area contributed by atoms with Gasteiger partial charge in [-0.25, -0.2) is 0 Å². The standard InChI is InChI=1S/C25H31NO3/c1-26-23(27)11-6-12-24-13-15-25(19-24,16-14-24)28-18-20-7-5-10-22(17-20)29-21-8-3-2-4-9-21/h2-5,7-10,17H,6,11-16,18-19H2,1H3,(H,26,27). The van der Waals surface area contributed by atoms with Crippen LogP contribution in [0.5, 0.6) is 11.5 Å². The Balaban J connectivity index is 1.31. The van der Waals surface area contributed by atoms with Crippen LogP contribution in [0.1, 0.15) is 56.9 Å². The monoisotopic (exact) mass is 393 g/mol. The van der Waals surface area contributed by atoms with Crippen molar-refractivity contribution in [1.82, 2.24) is 5.32 Å². The van der Waals surface area contributed by atoms with E-state index < -0.39 is 0 Å². The van der Waals surface area contributed by atoms with Gasteiger partial charge in [0.05, 0.1) is 12.2 Å². The number of amides is 1. The number of benzene rings is 2. The molecule has 0 aliphatic heterocycles. The molecular formula is C25H31NO3. The molecule has 0 aromatic heterocycles. The number of fused-ring (bicyclic) bond motifs is 2. The van der Waals surface area contributed by atoms with Gasteiger partial charge < -0.3 is 14.8 Å². The smallest absolute Gasteiger partial charge is 0.219 e. The summed E-state index contributed by atoms with van der Waals surface area (Å²) in [6.07, 6.45) is 8.67. The summed E-state index contributed by atoms with van der Waals surface area (Å²) in [4.78, 5) is 11.5. The normalized spacial score (nSPS) is 25.1. The van der Waals surface area contributed by atoms with Crippen LogP contribution in [0, 0.1) is 5.41 Å². The Kier molecular flexibility index (Phi) is 5.91. The third kappa shape index (κ3) is 4.81. The number of carbonyl (C=O) groups excluding carboxylic acids is 1. The molecule has 29 heavy (non-hydrogen) atoms. The lowest BCUT2D eigenvalue weighted by molar-refractivity contribution is -0.120. The molecule has 1 amide bonds. The van der Waals surface area contributed by atoms with Crippen LogP contribution < -0.4 is 10.1 Å². The van der Waals surface area contributed by atoms with Gasteiger partial charge in [0.1, 0.15) is 11.5 Å². The van der Waals surface area contributed by atoms with Crippen molar-refractivity contribution in [3.05, 3.63) is 60.2 Å². The lowest BCUT2D eigenvalue weighted by Gasteiger charge is -2.28. The van der Waals surface area contributed by atoms with Crippen molar-refractivity contribution in [1.29, 1.82) is 0 Å². The van der Waals surface area contributed by atoms with E-state index in [0.29, 0.717) is 18.4 Å². The molecule has 154 valence electrons. The van der Waals surface area contributed by atoms with Gasteiger partial charge in [-0.1, -0.05) is 30.3 Å². The van der Waals surface area contributed by atoms with Crippen LogP contribution in [0.15, 0.2) is 54.6 Å². The van der Waals surface area contributed by atoms with Gasteiger partial charge in [-0.3, -0.25) is 4.79 Å². The molecule has 0 atom stereocenters. The SMILES string of the molecule is CNC(=O)CCCC12CCC(OCc3cccc(Oc4ccccc4)c3)(CC1)C2. The number of carbonyl (C=O) groups is 1. The van der Waals surface area contributed by atoms with E-state index in [2.05, 4.69) is 17.4 Å². The van der Waals surface area contributed by atoms with Gasteiger partial charge >= 0.3 is 0 Å². The number of hydrogen-bond acceptors (Lipinski definition) is 3. The van der Waals surface area contributed by atoms with E-state index in [1.54, 1.807) is 7.05 Å². The average Bonchev–Trinajstić information content (AvgIpc) is 3.30. The first kappa shape index (κ1) is 20.0. The summed E-state index contributed by atoms with van der Waals surface area (Å²) in [7, 11) is 1.71. The molecule has 0 heterocycles. The number of ether oxygens (including phenoxy) is 2. The van der Waals surface area contributed by atoms with Crippen molar-refractivity contribution in [2.75, 3.05) is 7.05 Å². The zero-order chi connectivity index (χ0) is 20.2. The van der Waals surface area contributed by atoms with Crippen LogP contribution in [-0.2, 0) is 16.1 Å². The van der Waals surface area contributed by atoms with Crippen LogP contribution in [0.3, 0.4) is 0 Å². The summed E-state index contributed by atoms with van der Waals surface area (Å²) >= 11 is 0. The zero-order valence-corrected chi connectivity index (χ0v) is 17.3. The molecular weight excluding hydrogens is 362 g/mol. The van der Waals surface area contributed by atoms with Crippen molar-refractivity contribution >= 4 is 5.91 Å². The van der Waals surface area contributed by atoms with Crippen molar-refractivity contribution in [2.45, 2.75) is 63.6 Å². The van der Waals surface area contributed by atoms with E-state index in [0.717, 1.165) is 49.2 Å². The third-order valence-corrected chi connectivity index (χ3v) is 6.73. The third-order valence-electron chi connectivity index (χ3n) is 6.73. The predicted octanol–water partition coefficient (Wildman–Crippen LogP) is 5.61. The van der Waals surface area contributed by atoms with Crippen molar-refractivity contribution in [3.8, 4) is 11.5 Å². The van der Waals surface area contributed by atoms with Crippen LogP contribution in [0.25, 0.3) is 0 Å². The first-order valence-corrected chi connectivity index (χ1v) is 10.8. The van der Waals surface area contributed by atoms with Crippen molar-refractivity contribution < 1.29 is 14.3 Å². The second-order valence-corrected chi connectivity index (χ2v) is 8.74. The maximum Gasteiger partial charge on any atom is 0.219 e. The molecule has 2 aromatic carbocycles. The molecule has 1 N–H and O–H groups in total. The number of hydrogen-bond donors (Lipinski definition) is 1. The lowest BCUT2D eigenvalue weighted by atomic mass is 9.80. The van der Waals surface area contributed by atoms with E-state index in [1.807, 2.05) is 42.5 Å². The van der Waals surface area contributed by atoms with E-state index in [4.69, 9.17) is 9.47 Å². The van der Waals surface area contributed by atoms with Crippen LogP contribution >= 0.6 is 0 Å². The van der Waals surface area contributed by atoms with E-state index in [9.17, 15) is 4.79 Å². The second kappa shape index (κ2) is 8.58. The molecule has 0 radical (unpaired) electrons. The van der Waals surface area contributed by atoms with Crippen LogP contribution in [-0.4, -0.2) is 18.6 Å². The summed E-state index contributed by atoms with van der Waals surface area (Å²) < 4.78 is 12.5. The topological polar surface area (TPSA) is 47.6 Å². The molecule has 4 nitrogen and oxygen atoms in total. The summed E-state index contributed by atoms with van der Waals surface area (Å²) in [6, 6.07) is 18.0. The fraction of sp³-hybridized carbons (Fsp3) is 0.480. The highest BCUT2D eigenvalue weighted by atomic mass is 16.5. The largest absolute Gasteiger partial charge is 0.457 e. The van der Waals surface area contributed by atoms with Gasteiger partial charge in [0, 0.05) is 13.5 Å². The number of para-hydroxylation sites is 1. The lowest BCUT2D eigenvalue weighted by Crippen LogP contribution is -2.26. The molecule has 0 spiro atoms. The maximum atomic E-state index is 11.5. The van der Waals surface area contributed by atoms with Crippen LogP contribution in [0.4, 0.5) is 0 Å². The minimum Gasteiger partial charge on any atom is -0.457 e. The Morgan fingerprint density at radius 1 is 1.00 bits per heavy atom.